The van der Waals surface area contributed by atoms with Crippen LogP contribution in [0.1, 0.15) is 51.4 Å². The van der Waals surface area contributed by atoms with Crippen molar-refractivity contribution in [1.82, 2.24) is 9.97 Å². The van der Waals surface area contributed by atoms with Gasteiger partial charge in [-0.3, -0.25) is 0 Å². The number of nitrogens with two attached hydrogens (primary N) is 1. The zero-order valence-corrected chi connectivity index (χ0v) is 12.0. The molecule has 0 atom stereocenters. The molecule has 1 aromatic heterocycles. The van der Waals surface area contributed by atoms with Gasteiger partial charge in [-0.1, -0.05) is 27.7 Å². The van der Waals surface area contributed by atoms with Crippen LogP contribution in [0.15, 0.2) is 0 Å². The van der Waals surface area contributed by atoms with Gasteiger partial charge in [0.05, 0.1) is 0 Å². The first-order valence-corrected chi connectivity index (χ1v) is 6.54. The van der Waals surface area contributed by atoms with Crippen molar-refractivity contribution in [2.24, 2.45) is 11.8 Å². The molecule has 0 aliphatic heterocycles. The third-order valence-corrected chi connectivity index (χ3v) is 2.83. The maximum Gasteiger partial charge on any atom is 0.148 e. The molecule has 0 aliphatic carbocycles. The highest BCUT2D eigenvalue weighted by molar-refractivity contribution is 5.56. The van der Waals surface area contributed by atoms with Gasteiger partial charge < -0.3 is 10.7 Å². The Labute approximate surface area is 110 Å². The van der Waals surface area contributed by atoms with Gasteiger partial charge in [0.1, 0.15) is 17.5 Å². The second-order valence-electron chi connectivity index (χ2n) is 5.31. The van der Waals surface area contributed by atoms with E-state index in [1.165, 1.54) is 0 Å². The first kappa shape index (κ1) is 14.7. The molecule has 0 unspecified atom stereocenters. The topological polar surface area (TPSA) is 75.9 Å². The van der Waals surface area contributed by atoms with E-state index in [9.17, 15) is 0 Å². The molecule has 0 aromatic carbocycles. The van der Waals surface area contributed by atoms with Crippen LogP contribution in [0.2, 0.25) is 0 Å². The Bertz CT molecular complexity index is 387. The molecule has 0 fully saturated rings. The average molecular weight is 251 g/mol. The Kier molecular flexibility index (Phi) is 5.34. The molecule has 0 amide bonds. The van der Waals surface area contributed by atoms with Crippen LogP contribution >= 0.6 is 0 Å². The van der Waals surface area contributed by atoms with Crippen LogP contribution in [-0.2, 0) is 0 Å². The van der Waals surface area contributed by atoms with Crippen molar-refractivity contribution in [3.63, 3.8) is 0 Å². The van der Waals surface area contributed by atoms with Gasteiger partial charge in [-0.05, 0) is 19.3 Å². The number of nitrogens with zero attached hydrogens (tertiary/aromatic N) is 2. The molecule has 102 valence electrons. The molecule has 1 aromatic rings. The van der Waals surface area contributed by atoms with Crippen molar-refractivity contribution in [3.05, 3.63) is 11.4 Å². The predicted molar refractivity (Wildman–Crippen MR) is 76.6 cm³/mol. The normalized spacial score (nSPS) is 11.1. The standard InChI is InChI=1S/C13H25N5/c1-8(2)6-7-15-12-10(5)13(18-14)17-11(16-12)9(3)4/h8-9H,6-7,14H2,1-5H3,(H2,15,16,17,18). The van der Waals surface area contributed by atoms with Gasteiger partial charge in [-0.2, -0.15) is 0 Å². The molecular weight excluding hydrogens is 226 g/mol. The van der Waals surface area contributed by atoms with Crippen LogP contribution in [0.5, 0.6) is 0 Å². The lowest BCUT2D eigenvalue weighted by atomic mass is 10.1. The summed E-state index contributed by atoms with van der Waals surface area (Å²) >= 11 is 0. The highest BCUT2D eigenvalue weighted by Crippen LogP contribution is 2.22. The first-order chi connectivity index (χ1) is 8.45. The lowest BCUT2D eigenvalue weighted by Crippen LogP contribution is -2.16. The highest BCUT2D eigenvalue weighted by Gasteiger charge is 2.12. The highest BCUT2D eigenvalue weighted by atomic mass is 15.3. The predicted octanol–water partition coefficient (Wildman–Crippen LogP) is 2.65. The molecular formula is C13H25N5. The van der Waals surface area contributed by atoms with Crippen LogP contribution in [0.25, 0.3) is 0 Å². The number of nitrogen functional groups attached to an aromatic ring is 1. The summed E-state index contributed by atoms with van der Waals surface area (Å²) in [5, 5.41) is 3.37. The summed E-state index contributed by atoms with van der Waals surface area (Å²) in [7, 11) is 0. The van der Waals surface area contributed by atoms with E-state index in [2.05, 4.69) is 48.4 Å². The van der Waals surface area contributed by atoms with Gasteiger partial charge >= 0.3 is 0 Å². The fourth-order valence-electron chi connectivity index (χ4n) is 1.58. The summed E-state index contributed by atoms with van der Waals surface area (Å²) in [6.07, 6.45) is 1.12. The molecule has 5 nitrogen and oxygen atoms in total. The average Bonchev–Trinajstić information content (AvgIpc) is 2.30. The van der Waals surface area contributed by atoms with Crippen molar-refractivity contribution in [1.29, 1.82) is 0 Å². The second-order valence-corrected chi connectivity index (χ2v) is 5.31. The molecule has 0 saturated heterocycles. The second kappa shape index (κ2) is 6.54. The Hall–Kier alpha value is -1.36. The fraction of sp³-hybridized carbons (Fsp3) is 0.692. The van der Waals surface area contributed by atoms with Gasteiger partial charge in [0.2, 0.25) is 0 Å². The van der Waals surface area contributed by atoms with E-state index in [0.29, 0.717) is 11.7 Å². The molecule has 0 spiro atoms. The van der Waals surface area contributed by atoms with E-state index in [-0.39, 0.29) is 5.92 Å². The molecule has 0 aliphatic rings. The van der Waals surface area contributed by atoms with E-state index >= 15 is 0 Å². The molecule has 1 heterocycles. The minimum Gasteiger partial charge on any atom is -0.370 e. The molecule has 5 heteroatoms. The Morgan fingerprint density at radius 2 is 1.72 bits per heavy atom. The molecule has 0 bridgehead atoms. The Morgan fingerprint density at radius 1 is 1.11 bits per heavy atom. The lowest BCUT2D eigenvalue weighted by Gasteiger charge is -2.15. The largest absolute Gasteiger partial charge is 0.370 e. The van der Waals surface area contributed by atoms with Gasteiger partial charge in [0.15, 0.2) is 0 Å². The summed E-state index contributed by atoms with van der Waals surface area (Å²) in [4.78, 5) is 8.97. The zero-order chi connectivity index (χ0) is 13.7. The third-order valence-electron chi connectivity index (χ3n) is 2.83. The van der Waals surface area contributed by atoms with E-state index < -0.39 is 0 Å². The van der Waals surface area contributed by atoms with Gasteiger partial charge in [-0.15, -0.1) is 0 Å². The van der Waals surface area contributed by atoms with Crippen molar-refractivity contribution in [3.8, 4) is 0 Å². The minimum absolute atomic E-state index is 0.281. The molecule has 0 radical (unpaired) electrons. The monoisotopic (exact) mass is 251 g/mol. The van der Waals surface area contributed by atoms with Crippen LogP contribution in [0, 0.1) is 12.8 Å². The minimum atomic E-state index is 0.281. The van der Waals surface area contributed by atoms with Crippen molar-refractivity contribution < 1.29 is 0 Å². The van der Waals surface area contributed by atoms with E-state index in [4.69, 9.17) is 5.84 Å². The lowest BCUT2D eigenvalue weighted by molar-refractivity contribution is 0.606. The number of hydrogen-bond donors (Lipinski definition) is 3. The van der Waals surface area contributed by atoms with Gasteiger partial charge in [-0.25, -0.2) is 15.8 Å². The van der Waals surface area contributed by atoms with Crippen molar-refractivity contribution in [2.45, 2.75) is 47.0 Å². The number of hydrogen-bond acceptors (Lipinski definition) is 5. The maximum absolute atomic E-state index is 5.50. The summed E-state index contributed by atoms with van der Waals surface area (Å²) in [6, 6.07) is 0. The van der Waals surface area contributed by atoms with Crippen molar-refractivity contribution in [2.75, 3.05) is 17.3 Å². The third kappa shape index (κ3) is 3.84. The molecule has 0 saturated carbocycles. The summed E-state index contributed by atoms with van der Waals surface area (Å²) in [5.74, 6) is 8.83. The SMILES string of the molecule is Cc1c(NN)nc(C(C)C)nc1NCCC(C)C. The number of rotatable bonds is 6. The Morgan fingerprint density at radius 3 is 2.22 bits per heavy atom. The zero-order valence-electron chi connectivity index (χ0n) is 12.0. The molecule has 4 N–H and O–H groups in total. The van der Waals surface area contributed by atoms with E-state index in [1.54, 1.807) is 0 Å². The van der Waals surface area contributed by atoms with Crippen LogP contribution in [0.3, 0.4) is 0 Å². The van der Waals surface area contributed by atoms with Crippen LogP contribution in [0.4, 0.5) is 11.6 Å². The quantitative estimate of drug-likeness (QED) is 0.535. The Balaban J connectivity index is 2.91. The number of aromatic nitrogens is 2. The fourth-order valence-corrected chi connectivity index (χ4v) is 1.58. The smallest absolute Gasteiger partial charge is 0.148 e. The maximum atomic E-state index is 5.50. The van der Waals surface area contributed by atoms with E-state index in [1.807, 2.05) is 6.92 Å². The molecule has 1 rings (SSSR count). The number of hydrazine groups is 1. The van der Waals surface area contributed by atoms with E-state index in [0.717, 1.165) is 30.2 Å². The molecule has 18 heavy (non-hydrogen) atoms. The van der Waals surface area contributed by atoms with Crippen molar-refractivity contribution >= 4 is 11.6 Å². The summed E-state index contributed by atoms with van der Waals surface area (Å²) in [5.41, 5.74) is 3.60. The van der Waals surface area contributed by atoms with Crippen LogP contribution < -0.4 is 16.6 Å². The summed E-state index contributed by atoms with van der Waals surface area (Å²) in [6.45, 7) is 11.4. The first-order valence-electron chi connectivity index (χ1n) is 6.54. The van der Waals surface area contributed by atoms with Gasteiger partial charge in [0, 0.05) is 18.0 Å². The number of nitrogens with one attached hydrogen (secondary N) is 2. The van der Waals surface area contributed by atoms with Gasteiger partial charge in [0.25, 0.3) is 0 Å². The summed E-state index contributed by atoms with van der Waals surface area (Å²) < 4.78 is 0. The van der Waals surface area contributed by atoms with Crippen LogP contribution in [-0.4, -0.2) is 16.5 Å². The number of anilines is 2.